The summed E-state index contributed by atoms with van der Waals surface area (Å²) in [7, 11) is 11.4. The van der Waals surface area contributed by atoms with Gasteiger partial charge >= 0.3 is 0 Å². The standard InChI is InChI=1S/C42H42N8O4S2.2C22H24N4O2S.C21H22N4O2S/c1-45-39(51)31-9-3-7-29-35(13-11-33(37(29)31)41(45)53)43-15-5-17-47-19-21-49(27-47)23-25-55-56-26-24-50-22-20-48(28-50)18-6-16-44-36-14-12-34-38-30(36)8-4-10-32(38)40(52)46(2)42(34)54;2*1-24-21(27)17-6-3-5-16-19(8-7-18(20(16)17)22(24)28)23-9-4-10-25-11-12-26(15-25)13-14-29-2;1-23-20(26)16-5-2-4-15-18(7-6-17(19(15)16)21(23)27)22-8-3-9-24-10-11-25(14-24)12-13-28/h3-4,7-14,19-22,27-28H,5-6,15-18,23-26H2,1-2H3;2*3,5-8,11-12,15H,4,9-10,13-14H2,1-2H3;2,4-7,10-11,14,22H,3,8-9,12-13H2,1H3/p+5. The van der Waals surface area contributed by atoms with E-state index in [0.717, 1.165) is 241 Å². The lowest BCUT2D eigenvalue weighted by molar-refractivity contribution is -0.696. The second-order valence-electron chi connectivity index (χ2n) is 35.5. The molecular formula is C107H117N20O10S5+5. The number of carbonyl (C=O) groups is 10. The zero-order chi connectivity index (χ0) is 99.2. The van der Waals surface area contributed by atoms with E-state index in [1.165, 1.54) is 59.7 Å². The van der Waals surface area contributed by atoms with Gasteiger partial charge < -0.3 is 26.6 Å². The highest BCUT2D eigenvalue weighted by atomic mass is 33.1. The average molecular weight is 2000 g/mol. The van der Waals surface area contributed by atoms with Crippen LogP contribution in [-0.2, 0) is 65.4 Å². The van der Waals surface area contributed by atoms with Gasteiger partial charge in [0.15, 0.2) is 0 Å². The van der Waals surface area contributed by atoms with Crippen molar-refractivity contribution < 1.29 is 70.8 Å². The molecule has 0 fully saturated rings. The van der Waals surface area contributed by atoms with E-state index in [1.807, 2.05) is 166 Å². The second-order valence-corrected chi connectivity index (χ2v) is 40.6. The first-order valence-electron chi connectivity index (χ1n) is 47.8. The first-order valence-corrected chi connectivity index (χ1v) is 53.7. The first-order chi connectivity index (χ1) is 69.1. The van der Waals surface area contributed by atoms with Gasteiger partial charge in [0.1, 0.15) is 62.0 Å². The second kappa shape index (κ2) is 45.7. The predicted octanol–water partition coefficient (Wildman–Crippen LogP) is 14.3. The lowest BCUT2D eigenvalue weighted by atomic mass is 9.93. The van der Waals surface area contributed by atoms with Crippen LogP contribution in [0, 0.1) is 0 Å². The summed E-state index contributed by atoms with van der Waals surface area (Å²) in [5.74, 6) is 2.59. The third kappa shape index (κ3) is 21.7. The van der Waals surface area contributed by atoms with Crippen LogP contribution in [0.4, 0.5) is 28.4 Å². The Morgan fingerprint density at radius 1 is 0.254 bits per heavy atom. The van der Waals surface area contributed by atoms with Gasteiger partial charge in [0.05, 0.1) is 65.4 Å². The van der Waals surface area contributed by atoms with Gasteiger partial charge in [0.25, 0.3) is 59.1 Å². The fourth-order valence-electron chi connectivity index (χ4n) is 18.7. The first kappa shape index (κ1) is 99.6. The van der Waals surface area contributed by atoms with Crippen molar-refractivity contribution in [2.45, 2.75) is 97.6 Å². The molecule has 35 heteroatoms. The number of imide groups is 5. The van der Waals surface area contributed by atoms with Gasteiger partial charge in [-0.3, -0.25) is 72.4 Å². The molecular weight excluding hydrogens is 1890 g/mol. The fraction of sp³-hybridized carbons (Fsp3) is 0.299. The van der Waals surface area contributed by atoms with E-state index in [-0.39, 0.29) is 59.1 Å². The largest absolute Gasteiger partial charge is 0.384 e. The Morgan fingerprint density at radius 2 is 0.444 bits per heavy atom. The third-order valence-electron chi connectivity index (χ3n) is 26.2. The van der Waals surface area contributed by atoms with Crippen LogP contribution < -0.4 is 49.4 Å². The number of nitrogens with zero attached hydrogens (tertiary/aromatic N) is 15. The lowest BCUT2D eigenvalue weighted by Gasteiger charge is -2.24. The van der Waals surface area contributed by atoms with Gasteiger partial charge in [-0.25, -0.2) is 45.7 Å². The van der Waals surface area contributed by atoms with Gasteiger partial charge in [-0.05, 0) is 104 Å². The minimum absolute atomic E-state index is 0.243. The van der Waals surface area contributed by atoms with E-state index in [2.05, 4.69) is 191 Å². The number of imidazole rings is 5. The van der Waals surface area contributed by atoms with Crippen LogP contribution in [0.5, 0.6) is 0 Å². The molecule has 15 aromatic rings. The molecule has 0 saturated carbocycles. The number of aryl methyl sites for hydroxylation is 10. The summed E-state index contributed by atoms with van der Waals surface area (Å²) in [5.41, 5.74) is 10.5. The number of rotatable bonds is 40. The molecule has 0 atom stereocenters. The zero-order valence-electron chi connectivity index (χ0n) is 80.6. The van der Waals surface area contributed by atoms with Crippen LogP contribution in [0.3, 0.4) is 0 Å². The Kier molecular flexibility index (Phi) is 32.1. The Bertz CT molecular complexity index is 6890. The van der Waals surface area contributed by atoms with E-state index < -0.39 is 0 Å². The van der Waals surface area contributed by atoms with Gasteiger partial charge in [-0.15, -0.1) is 0 Å². The number of hydrogen-bond acceptors (Lipinski definition) is 20. The Hall–Kier alpha value is -14.0. The van der Waals surface area contributed by atoms with E-state index in [0.29, 0.717) is 55.6 Å². The van der Waals surface area contributed by atoms with E-state index in [1.54, 1.807) is 30.3 Å². The maximum Gasteiger partial charge on any atom is 0.261 e. The summed E-state index contributed by atoms with van der Waals surface area (Å²) in [6.45, 7) is 13.4. The number of thioether (sulfide) groups is 2. The Morgan fingerprint density at radius 3 is 0.641 bits per heavy atom. The molecule has 0 aliphatic carbocycles. The van der Waals surface area contributed by atoms with Crippen molar-refractivity contribution in [3.05, 3.63) is 301 Å². The van der Waals surface area contributed by atoms with Crippen molar-refractivity contribution in [1.29, 1.82) is 0 Å². The van der Waals surface area contributed by atoms with E-state index >= 15 is 0 Å². The molecule has 10 amide bonds. The van der Waals surface area contributed by atoms with Crippen LogP contribution in [-0.4, -0.2) is 216 Å². The van der Waals surface area contributed by atoms with Crippen LogP contribution in [0.15, 0.2) is 245 Å². The molecule has 0 unspecified atom stereocenters. The topological polar surface area (TPSA) is 291 Å². The molecule has 20 rings (SSSR count). The minimum atomic E-state index is -0.260. The molecule has 30 nitrogen and oxygen atoms in total. The Balaban J connectivity index is 0.000000138. The van der Waals surface area contributed by atoms with Crippen LogP contribution in [0.1, 0.15) is 136 Å². The third-order valence-corrected chi connectivity index (χ3v) is 30.0. The molecule has 730 valence electrons. The molecule has 0 radical (unpaired) electrons. The number of anilines is 5. The maximum atomic E-state index is 12.7. The molecule has 5 aliphatic heterocycles. The van der Waals surface area contributed by atoms with Crippen LogP contribution in [0.2, 0.25) is 0 Å². The lowest BCUT2D eigenvalue weighted by Crippen LogP contribution is -2.36. The maximum absolute atomic E-state index is 12.7. The molecule has 5 aliphatic rings. The predicted molar refractivity (Wildman–Crippen MR) is 566 cm³/mol. The van der Waals surface area contributed by atoms with Crippen LogP contribution >= 0.6 is 57.7 Å². The molecule has 0 bridgehead atoms. The summed E-state index contributed by atoms with van der Waals surface area (Å²) in [4.78, 5) is 132. The molecule has 10 heterocycles. The van der Waals surface area contributed by atoms with Crippen molar-refractivity contribution in [2.24, 2.45) is 0 Å². The number of nitrogens with one attached hydrogen (secondary N) is 5. The fourth-order valence-corrected chi connectivity index (χ4v) is 21.7. The number of carbonyl (C=O) groups excluding carboxylic acids is 10. The average Bonchev–Trinajstić information content (AvgIpc) is 0.877. The van der Waals surface area contributed by atoms with Gasteiger partial charge in [-0.2, -0.15) is 36.2 Å². The quantitative estimate of drug-likeness (QED) is 0.00684. The van der Waals surface area contributed by atoms with Crippen molar-refractivity contribution in [1.82, 2.24) is 47.3 Å². The number of thiol groups is 1. The number of amides is 10. The minimum Gasteiger partial charge on any atom is -0.384 e. The highest BCUT2D eigenvalue weighted by molar-refractivity contribution is 8.76. The molecule has 0 saturated heterocycles. The van der Waals surface area contributed by atoms with Crippen LogP contribution in [0.25, 0.3) is 53.9 Å². The molecule has 0 spiro atoms. The van der Waals surface area contributed by atoms with Crippen molar-refractivity contribution in [3.8, 4) is 0 Å². The summed E-state index contributed by atoms with van der Waals surface area (Å²) < 4.78 is 22.0. The SMILES string of the molecule is CN1C(=O)c2cccc3c(NCCC[n+]4ccn(CCS)c4)ccc(c23)C1=O.CN1C(=O)c2cccc3c(NCCC[n+]4ccn(CCSSCCn5cc[n+](CCCNc6ccc7c8c(cccc68)C(=O)N(C)C7=O)c5)c4)ccc(c23)C1=O.CSCCn1cc[n+](CCCNc2ccc3c4c(cccc24)C(=O)N(C)C3=O)c1.CSCCn1cc[n+](CCCNc2ccc3c4c(cccc24)C(=O)N(C)C3=O)c1. The number of aromatic nitrogens is 10. The Labute approximate surface area is 845 Å². The van der Waals surface area contributed by atoms with Gasteiger partial charge in [0, 0.05) is 267 Å². The summed E-state index contributed by atoms with van der Waals surface area (Å²) in [6, 6.07) is 46.9. The highest BCUT2D eigenvalue weighted by Gasteiger charge is 2.37. The molecule has 5 aromatic heterocycles. The van der Waals surface area contributed by atoms with E-state index in [9.17, 15) is 47.9 Å². The zero-order valence-corrected chi connectivity index (χ0v) is 84.8. The monoisotopic (exact) mass is 2000 g/mol. The smallest absolute Gasteiger partial charge is 0.261 e. The number of hydrogen-bond donors (Lipinski definition) is 6. The van der Waals surface area contributed by atoms with Crippen molar-refractivity contribution in [2.75, 3.05) is 136 Å². The highest BCUT2D eigenvalue weighted by Crippen LogP contribution is 2.40. The molecule has 5 N–H and O–H groups in total. The normalized spacial score (nSPS) is 13.5. The van der Waals surface area contributed by atoms with Gasteiger partial charge in [0.2, 0.25) is 31.6 Å². The molecule has 10 aromatic carbocycles. The number of benzene rings is 10. The molecule has 142 heavy (non-hydrogen) atoms. The summed E-state index contributed by atoms with van der Waals surface area (Å²) in [5, 5.41) is 25.8. The van der Waals surface area contributed by atoms with Crippen molar-refractivity contribution in [3.63, 3.8) is 0 Å². The van der Waals surface area contributed by atoms with Gasteiger partial charge in [-0.1, -0.05) is 82.3 Å². The van der Waals surface area contributed by atoms with Crippen molar-refractivity contribution >= 4 is 199 Å². The summed E-state index contributed by atoms with van der Waals surface area (Å²) in [6.07, 6.45) is 40.7. The summed E-state index contributed by atoms with van der Waals surface area (Å²) >= 11 is 7.95. The van der Waals surface area contributed by atoms with E-state index in [4.69, 9.17) is 0 Å².